The predicted molar refractivity (Wildman–Crippen MR) is 99.5 cm³/mol. The standard InChI is InChI=1S/C17H17N3O3S2/c1-12-4-7-15(11-12)18-19-17(21)13-5-8-14(9-6-13)20-25(22,23)16-3-2-10-24-16/h2-3,5-6,8-11,20H,4,7H2,1H3,(H,19,21)/b18-15+. The molecule has 0 radical (unpaired) electrons. The molecule has 0 atom stereocenters. The smallest absolute Gasteiger partial charge is 0.271 e. The van der Waals surface area contributed by atoms with Gasteiger partial charge in [-0.3, -0.25) is 9.52 Å². The second kappa shape index (κ2) is 7.20. The van der Waals surface area contributed by atoms with Gasteiger partial charge in [-0.1, -0.05) is 11.6 Å². The molecule has 8 heteroatoms. The van der Waals surface area contributed by atoms with Crippen LogP contribution in [0.3, 0.4) is 0 Å². The summed E-state index contributed by atoms with van der Waals surface area (Å²) >= 11 is 1.14. The molecule has 0 saturated heterocycles. The maximum atomic E-state index is 12.2. The molecule has 0 aliphatic heterocycles. The summed E-state index contributed by atoms with van der Waals surface area (Å²) in [5, 5.41) is 5.80. The molecule has 3 rings (SSSR count). The molecule has 130 valence electrons. The number of nitrogens with one attached hydrogen (secondary N) is 2. The first kappa shape index (κ1) is 17.4. The van der Waals surface area contributed by atoms with Crippen LogP contribution in [0.15, 0.2) is 62.7 Å². The number of rotatable bonds is 5. The number of anilines is 1. The van der Waals surface area contributed by atoms with Crippen LogP contribution >= 0.6 is 11.3 Å². The van der Waals surface area contributed by atoms with E-state index in [9.17, 15) is 13.2 Å². The van der Waals surface area contributed by atoms with Crippen molar-refractivity contribution in [2.24, 2.45) is 5.10 Å². The third-order valence-electron chi connectivity index (χ3n) is 3.65. The fourth-order valence-electron chi connectivity index (χ4n) is 2.34. The van der Waals surface area contributed by atoms with Gasteiger partial charge in [0.1, 0.15) is 4.21 Å². The lowest BCUT2D eigenvalue weighted by Crippen LogP contribution is -2.19. The zero-order chi connectivity index (χ0) is 17.9. The molecule has 2 N–H and O–H groups in total. The van der Waals surface area contributed by atoms with Gasteiger partial charge in [0, 0.05) is 11.3 Å². The topological polar surface area (TPSA) is 87.6 Å². The molecular formula is C17H17N3O3S2. The van der Waals surface area contributed by atoms with Crippen molar-refractivity contribution in [1.82, 2.24) is 5.43 Å². The van der Waals surface area contributed by atoms with Gasteiger partial charge in [0.15, 0.2) is 0 Å². The zero-order valence-electron chi connectivity index (χ0n) is 13.5. The van der Waals surface area contributed by atoms with Crippen LogP contribution in [0.1, 0.15) is 30.1 Å². The Bertz CT molecular complexity index is 928. The summed E-state index contributed by atoms with van der Waals surface area (Å²) in [6.07, 6.45) is 3.76. The van der Waals surface area contributed by atoms with Gasteiger partial charge in [-0.25, -0.2) is 13.8 Å². The summed E-state index contributed by atoms with van der Waals surface area (Å²) < 4.78 is 27.0. The van der Waals surface area contributed by atoms with Crippen LogP contribution in [0.2, 0.25) is 0 Å². The maximum absolute atomic E-state index is 12.2. The fourth-order valence-corrected chi connectivity index (χ4v) is 4.39. The van der Waals surface area contributed by atoms with Gasteiger partial charge >= 0.3 is 0 Å². The van der Waals surface area contributed by atoms with Crippen molar-refractivity contribution in [1.29, 1.82) is 0 Å². The first-order chi connectivity index (χ1) is 11.9. The normalized spacial score (nSPS) is 15.9. The SMILES string of the molecule is CC1=C/C(=N/NC(=O)c2ccc(NS(=O)(=O)c3cccs3)cc2)CC1. The lowest BCUT2D eigenvalue weighted by Gasteiger charge is -2.07. The van der Waals surface area contributed by atoms with Crippen molar-refractivity contribution < 1.29 is 13.2 Å². The molecule has 0 bridgehead atoms. The number of nitrogens with zero attached hydrogens (tertiary/aromatic N) is 1. The Labute approximate surface area is 150 Å². The molecule has 1 amide bonds. The van der Waals surface area contributed by atoms with Crippen LogP contribution in [-0.4, -0.2) is 20.0 Å². The Morgan fingerprint density at radius 3 is 2.52 bits per heavy atom. The lowest BCUT2D eigenvalue weighted by molar-refractivity contribution is 0.0955. The van der Waals surface area contributed by atoms with E-state index in [1.165, 1.54) is 11.6 Å². The summed E-state index contributed by atoms with van der Waals surface area (Å²) in [6, 6.07) is 9.41. The van der Waals surface area contributed by atoms with Gasteiger partial charge < -0.3 is 0 Å². The fraction of sp³-hybridized carbons (Fsp3) is 0.176. The Kier molecular flexibility index (Phi) is 5.00. The zero-order valence-corrected chi connectivity index (χ0v) is 15.2. The number of sulfonamides is 1. The Balaban J connectivity index is 1.65. The van der Waals surface area contributed by atoms with Gasteiger partial charge in [0.05, 0.1) is 5.71 Å². The molecule has 1 heterocycles. The number of thiophene rings is 1. The Morgan fingerprint density at radius 2 is 1.92 bits per heavy atom. The molecule has 0 unspecified atom stereocenters. The highest BCUT2D eigenvalue weighted by Crippen LogP contribution is 2.20. The van der Waals surface area contributed by atoms with Crippen LogP contribution in [0.25, 0.3) is 0 Å². The number of allylic oxidation sites excluding steroid dienone is 2. The van der Waals surface area contributed by atoms with Crippen LogP contribution in [-0.2, 0) is 10.0 Å². The molecule has 1 aliphatic carbocycles. The Hall–Kier alpha value is -2.45. The molecule has 6 nitrogen and oxygen atoms in total. The number of hydrogen-bond donors (Lipinski definition) is 2. The predicted octanol–water partition coefficient (Wildman–Crippen LogP) is 3.37. The van der Waals surface area contributed by atoms with Gasteiger partial charge in [-0.2, -0.15) is 5.10 Å². The number of amides is 1. The minimum Gasteiger partial charge on any atom is -0.279 e. The molecule has 2 aromatic rings. The second-order valence-corrected chi connectivity index (χ2v) is 8.51. The van der Waals surface area contributed by atoms with E-state index in [-0.39, 0.29) is 10.1 Å². The minimum atomic E-state index is -3.59. The van der Waals surface area contributed by atoms with Crippen molar-refractivity contribution >= 4 is 38.7 Å². The minimum absolute atomic E-state index is 0.241. The average molecular weight is 375 g/mol. The summed E-state index contributed by atoms with van der Waals surface area (Å²) in [7, 11) is -3.59. The van der Waals surface area contributed by atoms with Crippen molar-refractivity contribution in [3.63, 3.8) is 0 Å². The Morgan fingerprint density at radius 1 is 1.16 bits per heavy atom. The maximum Gasteiger partial charge on any atom is 0.271 e. The number of hydrogen-bond acceptors (Lipinski definition) is 5. The molecule has 1 aromatic heterocycles. The highest BCUT2D eigenvalue weighted by molar-refractivity contribution is 7.94. The van der Waals surface area contributed by atoms with Gasteiger partial charge in [-0.15, -0.1) is 11.3 Å². The van der Waals surface area contributed by atoms with Gasteiger partial charge in [0.25, 0.3) is 15.9 Å². The first-order valence-corrected chi connectivity index (χ1v) is 10.0. The van der Waals surface area contributed by atoms with Crippen molar-refractivity contribution in [3.8, 4) is 0 Å². The van der Waals surface area contributed by atoms with Gasteiger partial charge in [-0.05, 0) is 61.6 Å². The highest BCUT2D eigenvalue weighted by Gasteiger charge is 2.15. The van der Waals surface area contributed by atoms with E-state index < -0.39 is 10.0 Å². The molecule has 1 aromatic carbocycles. The molecule has 25 heavy (non-hydrogen) atoms. The van der Waals surface area contributed by atoms with Crippen LogP contribution in [0.5, 0.6) is 0 Å². The number of carbonyl (C=O) groups is 1. The van der Waals surface area contributed by atoms with E-state index in [2.05, 4.69) is 15.2 Å². The average Bonchev–Trinajstić information content (AvgIpc) is 3.25. The quantitative estimate of drug-likeness (QED) is 0.786. The second-order valence-electron chi connectivity index (χ2n) is 5.65. The van der Waals surface area contributed by atoms with Crippen molar-refractivity contribution in [3.05, 3.63) is 59.0 Å². The first-order valence-electron chi connectivity index (χ1n) is 7.64. The summed E-state index contributed by atoms with van der Waals surface area (Å²) in [6.45, 7) is 2.03. The summed E-state index contributed by atoms with van der Waals surface area (Å²) in [5.74, 6) is -0.335. The molecule has 0 saturated carbocycles. The van der Waals surface area contributed by atoms with E-state index in [1.54, 1.807) is 35.7 Å². The third kappa shape index (κ3) is 4.34. The molecule has 0 spiro atoms. The van der Waals surface area contributed by atoms with E-state index >= 15 is 0 Å². The molecule has 0 fully saturated rings. The summed E-state index contributed by atoms with van der Waals surface area (Å²) in [4.78, 5) is 12.1. The number of benzene rings is 1. The summed E-state index contributed by atoms with van der Waals surface area (Å²) in [5.41, 5.74) is 5.42. The van der Waals surface area contributed by atoms with E-state index in [1.807, 2.05) is 13.0 Å². The molecule has 1 aliphatic rings. The third-order valence-corrected chi connectivity index (χ3v) is 6.43. The van der Waals surface area contributed by atoms with E-state index in [4.69, 9.17) is 0 Å². The monoisotopic (exact) mass is 375 g/mol. The van der Waals surface area contributed by atoms with E-state index in [0.717, 1.165) is 29.9 Å². The number of carbonyl (C=O) groups excluding carboxylic acids is 1. The largest absolute Gasteiger partial charge is 0.279 e. The van der Waals surface area contributed by atoms with Crippen molar-refractivity contribution in [2.75, 3.05) is 4.72 Å². The van der Waals surface area contributed by atoms with Gasteiger partial charge in [0.2, 0.25) is 0 Å². The van der Waals surface area contributed by atoms with Crippen LogP contribution < -0.4 is 10.1 Å². The molecular weight excluding hydrogens is 358 g/mol. The lowest BCUT2D eigenvalue weighted by atomic mass is 10.2. The number of hydrazone groups is 1. The van der Waals surface area contributed by atoms with E-state index in [0.29, 0.717) is 11.3 Å². The highest BCUT2D eigenvalue weighted by atomic mass is 32.2. The van der Waals surface area contributed by atoms with Crippen LogP contribution in [0, 0.1) is 0 Å². The van der Waals surface area contributed by atoms with Crippen LogP contribution in [0.4, 0.5) is 5.69 Å². The van der Waals surface area contributed by atoms with Crippen molar-refractivity contribution in [2.45, 2.75) is 24.0 Å².